The zero-order chi connectivity index (χ0) is 12.1. The lowest BCUT2D eigenvalue weighted by Gasteiger charge is -2.40. The Morgan fingerprint density at radius 3 is 2.81 bits per heavy atom. The standard InChI is InChI=1S/C12H23N3O/c1-4-6-11(13)12(16)15-8-7-14(5-2)10(3)9-15/h4,10-11H,1,5-9,13H2,2-3H3. The molecule has 4 heteroatoms. The third kappa shape index (κ3) is 3.06. The lowest BCUT2D eigenvalue weighted by atomic mass is 10.1. The molecular weight excluding hydrogens is 202 g/mol. The second-order valence-corrected chi connectivity index (χ2v) is 4.39. The van der Waals surface area contributed by atoms with Crippen LogP contribution >= 0.6 is 0 Å². The van der Waals surface area contributed by atoms with Crippen molar-refractivity contribution in [1.82, 2.24) is 9.80 Å². The van der Waals surface area contributed by atoms with Crippen molar-refractivity contribution in [3.8, 4) is 0 Å². The van der Waals surface area contributed by atoms with E-state index in [1.165, 1.54) is 0 Å². The average Bonchev–Trinajstić information content (AvgIpc) is 2.28. The Bertz CT molecular complexity index is 255. The zero-order valence-electron chi connectivity index (χ0n) is 10.4. The first-order chi connectivity index (χ1) is 7.60. The molecule has 0 aromatic rings. The predicted octanol–water partition coefficient (Wildman–Crippen LogP) is 0.442. The first-order valence-electron chi connectivity index (χ1n) is 5.99. The van der Waals surface area contributed by atoms with E-state index in [0.717, 1.165) is 26.2 Å². The minimum Gasteiger partial charge on any atom is -0.338 e. The predicted molar refractivity (Wildman–Crippen MR) is 66.1 cm³/mol. The van der Waals surface area contributed by atoms with Crippen LogP contribution in [0.5, 0.6) is 0 Å². The molecule has 16 heavy (non-hydrogen) atoms. The highest BCUT2D eigenvalue weighted by Crippen LogP contribution is 2.10. The Balaban J connectivity index is 2.50. The van der Waals surface area contributed by atoms with E-state index in [1.807, 2.05) is 4.90 Å². The van der Waals surface area contributed by atoms with Gasteiger partial charge in [-0.2, -0.15) is 0 Å². The van der Waals surface area contributed by atoms with Crippen LogP contribution in [0, 0.1) is 0 Å². The molecule has 1 rings (SSSR count). The van der Waals surface area contributed by atoms with E-state index in [9.17, 15) is 4.79 Å². The zero-order valence-corrected chi connectivity index (χ0v) is 10.4. The normalized spacial score (nSPS) is 24.2. The monoisotopic (exact) mass is 225 g/mol. The molecule has 92 valence electrons. The summed E-state index contributed by atoms with van der Waals surface area (Å²) in [5.41, 5.74) is 5.80. The van der Waals surface area contributed by atoms with Crippen molar-refractivity contribution in [2.24, 2.45) is 5.73 Å². The van der Waals surface area contributed by atoms with Gasteiger partial charge in [0.05, 0.1) is 6.04 Å². The third-order valence-electron chi connectivity index (χ3n) is 3.22. The van der Waals surface area contributed by atoms with Crippen LogP contribution in [0.25, 0.3) is 0 Å². The molecule has 0 bridgehead atoms. The molecule has 0 aliphatic carbocycles. The van der Waals surface area contributed by atoms with Crippen LogP contribution in [0.2, 0.25) is 0 Å². The number of carbonyl (C=O) groups is 1. The summed E-state index contributed by atoms with van der Waals surface area (Å²) in [6, 6.07) is 0.0107. The summed E-state index contributed by atoms with van der Waals surface area (Å²) in [7, 11) is 0. The largest absolute Gasteiger partial charge is 0.338 e. The van der Waals surface area contributed by atoms with Crippen molar-refractivity contribution < 1.29 is 4.79 Å². The molecule has 4 nitrogen and oxygen atoms in total. The summed E-state index contributed by atoms with van der Waals surface area (Å²) < 4.78 is 0. The number of carbonyl (C=O) groups excluding carboxylic acids is 1. The van der Waals surface area contributed by atoms with E-state index in [1.54, 1.807) is 6.08 Å². The van der Waals surface area contributed by atoms with Gasteiger partial charge in [0.15, 0.2) is 0 Å². The van der Waals surface area contributed by atoms with Crippen molar-refractivity contribution in [3.63, 3.8) is 0 Å². The average molecular weight is 225 g/mol. The summed E-state index contributed by atoms with van der Waals surface area (Å²) in [5.74, 6) is 0.0579. The van der Waals surface area contributed by atoms with Gasteiger partial charge in [-0.15, -0.1) is 6.58 Å². The Kier molecular flexibility index (Phi) is 4.96. The van der Waals surface area contributed by atoms with Crippen LogP contribution in [0.4, 0.5) is 0 Å². The number of hydrogen-bond donors (Lipinski definition) is 1. The van der Waals surface area contributed by atoms with Crippen LogP contribution in [0.1, 0.15) is 20.3 Å². The van der Waals surface area contributed by atoms with E-state index in [2.05, 4.69) is 25.3 Å². The minimum atomic E-state index is -0.419. The number of hydrogen-bond acceptors (Lipinski definition) is 3. The molecular formula is C12H23N3O. The van der Waals surface area contributed by atoms with Crippen molar-refractivity contribution in [2.45, 2.75) is 32.4 Å². The molecule has 0 aromatic heterocycles. The summed E-state index contributed by atoms with van der Waals surface area (Å²) in [6.45, 7) is 11.5. The van der Waals surface area contributed by atoms with Gasteiger partial charge >= 0.3 is 0 Å². The van der Waals surface area contributed by atoms with E-state index in [-0.39, 0.29) is 5.91 Å². The van der Waals surface area contributed by atoms with Crippen molar-refractivity contribution >= 4 is 5.91 Å². The second kappa shape index (κ2) is 6.01. The highest BCUT2D eigenvalue weighted by Gasteiger charge is 2.27. The number of piperazine rings is 1. The van der Waals surface area contributed by atoms with Gasteiger partial charge in [0, 0.05) is 25.7 Å². The van der Waals surface area contributed by atoms with Crippen LogP contribution in [0.15, 0.2) is 12.7 Å². The molecule has 1 aliphatic heterocycles. The number of likely N-dealkylation sites (N-methyl/N-ethyl adjacent to an activating group) is 1. The van der Waals surface area contributed by atoms with Crippen LogP contribution < -0.4 is 5.73 Å². The quantitative estimate of drug-likeness (QED) is 0.706. The number of nitrogens with zero attached hydrogens (tertiary/aromatic N) is 2. The highest BCUT2D eigenvalue weighted by atomic mass is 16.2. The van der Waals surface area contributed by atoms with Gasteiger partial charge in [-0.05, 0) is 19.9 Å². The van der Waals surface area contributed by atoms with Crippen molar-refractivity contribution in [2.75, 3.05) is 26.2 Å². The third-order valence-corrected chi connectivity index (χ3v) is 3.22. The number of nitrogens with two attached hydrogens (primary N) is 1. The van der Waals surface area contributed by atoms with Gasteiger partial charge in [0.25, 0.3) is 0 Å². The lowest BCUT2D eigenvalue weighted by molar-refractivity contribution is -0.135. The summed E-state index contributed by atoms with van der Waals surface area (Å²) in [5, 5.41) is 0. The Hall–Kier alpha value is -0.870. The minimum absolute atomic E-state index is 0.0579. The number of rotatable bonds is 4. The molecule has 0 saturated carbocycles. The van der Waals surface area contributed by atoms with E-state index < -0.39 is 6.04 Å². The lowest BCUT2D eigenvalue weighted by Crippen LogP contribution is -2.56. The van der Waals surface area contributed by atoms with Gasteiger partial charge in [-0.1, -0.05) is 13.0 Å². The van der Waals surface area contributed by atoms with Gasteiger partial charge in [0.2, 0.25) is 5.91 Å². The first kappa shape index (κ1) is 13.2. The molecule has 0 spiro atoms. The molecule has 1 amide bonds. The summed E-state index contributed by atoms with van der Waals surface area (Å²) in [4.78, 5) is 16.2. The molecule has 2 unspecified atom stereocenters. The summed E-state index contributed by atoms with van der Waals surface area (Å²) in [6.07, 6.45) is 2.26. The Morgan fingerprint density at radius 2 is 2.31 bits per heavy atom. The number of amides is 1. The van der Waals surface area contributed by atoms with Crippen molar-refractivity contribution in [1.29, 1.82) is 0 Å². The maximum atomic E-state index is 12.0. The van der Waals surface area contributed by atoms with Gasteiger partial charge in [-0.25, -0.2) is 0 Å². The molecule has 1 fully saturated rings. The fourth-order valence-corrected chi connectivity index (χ4v) is 2.18. The van der Waals surface area contributed by atoms with Gasteiger partial charge in [-0.3, -0.25) is 9.69 Å². The van der Waals surface area contributed by atoms with Gasteiger partial charge < -0.3 is 10.6 Å². The molecule has 2 N–H and O–H groups in total. The first-order valence-corrected chi connectivity index (χ1v) is 5.99. The van der Waals surface area contributed by atoms with E-state index >= 15 is 0 Å². The molecule has 1 heterocycles. The molecule has 2 atom stereocenters. The molecule has 1 aliphatic rings. The Labute approximate surface area is 98.1 Å². The van der Waals surface area contributed by atoms with Crippen LogP contribution in [0.3, 0.4) is 0 Å². The molecule has 0 aromatic carbocycles. The SMILES string of the molecule is C=CCC(N)C(=O)N1CCN(CC)C(C)C1. The van der Waals surface area contributed by atoms with Gasteiger partial charge in [0.1, 0.15) is 0 Å². The van der Waals surface area contributed by atoms with Crippen molar-refractivity contribution in [3.05, 3.63) is 12.7 Å². The maximum Gasteiger partial charge on any atom is 0.239 e. The molecule has 1 saturated heterocycles. The second-order valence-electron chi connectivity index (χ2n) is 4.39. The molecule has 0 radical (unpaired) electrons. The fraction of sp³-hybridized carbons (Fsp3) is 0.750. The topological polar surface area (TPSA) is 49.6 Å². The smallest absolute Gasteiger partial charge is 0.239 e. The van der Waals surface area contributed by atoms with Crippen LogP contribution in [-0.2, 0) is 4.79 Å². The van der Waals surface area contributed by atoms with Crippen LogP contribution in [-0.4, -0.2) is 54.0 Å². The maximum absolute atomic E-state index is 12.0. The summed E-state index contributed by atoms with van der Waals surface area (Å²) >= 11 is 0. The highest BCUT2D eigenvalue weighted by molar-refractivity contribution is 5.82. The van der Waals surface area contributed by atoms with E-state index in [0.29, 0.717) is 12.5 Å². The van der Waals surface area contributed by atoms with E-state index in [4.69, 9.17) is 5.73 Å². The Morgan fingerprint density at radius 1 is 1.62 bits per heavy atom. The fourth-order valence-electron chi connectivity index (χ4n) is 2.18.